The predicted molar refractivity (Wildman–Crippen MR) is 98.2 cm³/mol. The highest BCUT2D eigenvalue weighted by atomic mass is 16.5. The van der Waals surface area contributed by atoms with Crippen LogP contribution < -0.4 is 10.1 Å². The van der Waals surface area contributed by atoms with Gasteiger partial charge in [0.05, 0.1) is 13.5 Å². The molecule has 6 nitrogen and oxygen atoms in total. The molecule has 1 heterocycles. The predicted octanol–water partition coefficient (Wildman–Crippen LogP) is 3.55. The molecule has 3 rings (SSSR count). The number of aryl methyl sites for hydroxylation is 2. The molecule has 0 saturated heterocycles. The van der Waals surface area contributed by atoms with Crippen LogP contribution in [0.2, 0.25) is 0 Å². The highest BCUT2D eigenvalue weighted by Gasteiger charge is 2.11. The molecular formula is C20H21N3O3. The number of hydrogen-bond donors (Lipinski definition) is 1. The van der Waals surface area contributed by atoms with Crippen molar-refractivity contribution in [3.8, 4) is 5.75 Å². The van der Waals surface area contributed by atoms with E-state index in [4.69, 9.17) is 9.26 Å². The maximum absolute atomic E-state index is 12.3. The summed E-state index contributed by atoms with van der Waals surface area (Å²) in [6, 6.07) is 15.4. The number of benzene rings is 2. The van der Waals surface area contributed by atoms with Gasteiger partial charge in [-0.05, 0) is 42.7 Å². The van der Waals surface area contributed by atoms with Crippen molar-refractivity contribution in [2.24, 2.45) is 0 Å². The molecular weight excluding hydrogens is 330 g/mol. The smallest absolute Gasteiger partial charge is 0.231 e. The summed E-state index contributed by atoms with van der Waals surface area (Å²) in [6.07, 6.45) is 1.55. The van der Waals surface area contributed by atoms with Gasteiger partial charge in [0.25, 0.3) is 0 Å². The van der Waals surface area contributed by atoms with E-state index in [9.17, 15) is 4.79 Å². The molecule has 0 unspecified atom stereocenters. The molecule has 0 atom stereocenters. The molecule has 2 aromatic carbocycles. The Hall–Kier alpha value is -3.15. The summed E-state index contributed by atoms with van der Waals surface area (Å²) >= 11 is 0. The number of nitrogens with one attached hydrogen (secondary N) is 1. The fourth-order valence-electron chi connectivity index (χ4n) is 2.63. The van der Waals surface area contributed by atoms with Crippen molar-refractivity contribution in [2.75, 3.05) is 12.4 Å². The first-order valence-electron chi connectivity index (χ1n) is 8.44. The SMILES string of the molecule is COc1ccc(CCC(=O)Nc2ccccc2Cc2nc(C)no2)cc1. The second-order valence-corrected chi connectivity index (χ2v) is 5.97. The van der Waals surface area contributed by atoms with Crippen molar-refractivity contribution < 1.29 is 14.1 Å². The topological polar surface area (TPSA) is 77.2 Å². The van der Waals surface area contributed by atoms with Crippen LogP contribution in [0.1, 0.15) is 29.3 Å². The van der Waals surface area contributed by atoms with Crippen molar-refractivity contribution in [1.82, 2.24) is 10.1 Å². The average molecular weight is 351 g/mol. The lowest BCUT2D eigenvalue weighted by atomic mass is 10.1. The minimum absolute atomic E-state index is 0.0324. The maximum Gasteiger partial charge on any atom is 0.231 e. The first-order chi connectivity index (χ1) is 12.6. The summed E-state index contributed by atoms with van der Waals surface area (Å²) in [5.74, 6) is 1.90. The third-order valence-electron chi connectivity index (χ3n) is 4.00. The van der Waals surface area contributed by atoms with Crippen LogP contribution in [-0.2, 0) is 17.6 Å². The lowest BCUT2D eigenvalue weighted by Gasteiger charge is -2.10. The number of anilines is 1. The fourth-order valence-corrected chi connectivity index (χ4v) is 2.63. The van der Waals surface area contributed by atoms with Gasteiger partial charge in [0.1, 0.15) is 5.75 Å². The molecule has 3 aromatic rings. The Labute approximate surface area is 152 Å². The standard InChI is InChI=1S/C20H21N3O3/c1-14-21-20(26-23-14)13-16-5-3-4-6-18(16)22-19(24)12-9-15-7-10-17(25-2)11-8-15/h3-8,10-11H,9,12-13H2,1-2H3,(H,22,24). The Morgan fingerprint density at radius 1 is 1.15 bits per heavy atom. The summed E-state index contributed by atoms with van der Waals surface area (Å²) in [7, 11) is 1.63. The maximum atomic E-state index is 12.3. The van der Waals surface area contributed by atoms with Gasteiger partial charge in [0.2, 0.25) is 11.8 Å². The summed E-state index contributed by atoms with van der Waals surface area (Å²) in [6.45, 7) is 1.78. The van der Waals surface area contributed by atoms with Gasteiger partial charge in [-0.15, -0.1) is 0 Å². The number of amides is 1. The van der Waals surface area contributed by atoms with Gasteiger partial charge < -0.3 is 14.6 Å². The van der Waals surface area contributed by atoms with Gasteiger partial charge >= 0.3 is 0 Å². The van der Waals surface area contributed by atoms with E-state index in [2.05, 4.69) is 15.5 Å². The molecule has 0 radical (unpaired) electrons. The Morgan fingerprint density at radius 3 is 2.62 bits per heavy atom. The first kappa shape index (κ1) is 17.7. The van der Waals surface area contributed by atoms with Crippen molar-refractivity contribution in [3.05, 3.63) is 71.4 Å². The minimum Gasteiger partial charge on any atom is -0.497 e. The average Bonchev–Trinajstić information content (AvgIpc) is 3.07. The van der Waals surface area contributed by atoms with Gasteiger partial charge in [-0.3, -0.25) is 4.79 Å². The lowest BCUT2D eigenvalue weighted by Crippen LogP contribution is -2.14. The Kier molecular flexibility index (Phi) is 5.63. The number of hydrogen-bond acceptors (Lipinski definition) is 5. The molecule has 1 amide bonds. The molecule has 0 aliphatic rings. The second-order valence-electron chi connectivity index (χ2n) is 5.97. The van der Waals surface area contributed by atoms with Crippen molar-refractivity contribution in [3.63, 3.8) is 0 Å². The van der Waals surface area contributed by atoms with Crippen LogP contribution in [0.5, 0.6) is 5.75 Å². The molecule has 0 aliphatic heterocycles. The van der Waals surface area contributed by atoms with E-state index in [0.29, 0.717) is 31.0 Å². The highest BCUT2D eigenvalue weighted by Crippen LogP contribution is 2.19. The minimum atomic E-state index is -0.0324. The quantitative estimate of drug-likeness (QED) is 0.704. The van der Waals surface area contributed by atoms with Crippen LogP contribution >= 0.6 is 0 Å². The third-order valence-corrected chi connectivity index (χ3v) is 4.00. The fraction of sp³-hybridized carbons (Fsp3) is 0.250. The van der Waals surface area contributed by atoms with E-state index in [-0.39, 0.29) is 5.91 Å². The van der Waals surface area contributed by atoms with Crippen LogP contribution in [0.4, 0.5) is 5.69 Å². The van der Waals surface area contributed by atoms with Crippen LogP contribution in [-0.4, -0.2) is 23.2 Å². The van der Waals surface area contributed by atoms with Crippen molar-refractivity contribution in [1.29, 1.82) is 0 Å². The number of methoxy groups -OCH3 is 1. The Bertz CT molecular complexity index is 872. The summed E-state index contributed by atoms with van der Waals surface area (Å²) in [5.41, 5.74) is 2.80. The third kappa shape index (κ3) is 4.69. The second kappa shape index (κ2) is 8.29. The largest absolute Gasteiger partial charge is 0.497 e. The lowest BCUT2D eigenvalue weighted by molar-refractivity contribution is -0.116. The van der Waals surface area contributed by atoms with Gasteiger partial charge in [0, 0.05) is 12.1 Å². The molecule has 0 bridgehead atoms. The Balaban J connectivity index is 1.60. The molecule has 0 spiro atoms. The van der Waals surface area contributed by atoms with E-state index in [1.165, 1.54) is 0 Å². The monoisotopic (exact) mass is 351 g/mol. The summed E-state index contributed by atoms with van der Waals surface area (Å²) < 4.78 is 10.3. The number of rotatable bonds is 7. The number of aromatic nitrogens is 2. The van der Waals surface area contributed by atoms with Gasteiger partial charge in [-0.25, -0.2) is 0 Å². The zero-order valence-electron chi connectivity index (χ0n) is 14.9. The molecule has 0 saturated carbocycles. The molecule has 1 aromatic heterocycles. The molecule has 0 aliphatic carbocycles. The first-order valence-corrected chi connectivity index (χ1v) is 8.44. The molecule has 26 heavy (non-hydrogen) atoms. The molecule has 6 heteroatoms. The van der Waals surface area contributed by atoms with Gasteiger partial charge in [0.15, 0.2) is 5.82 Å². The van der Waals surface area contributed by atoms with Crippen LogP contribution in [0.3, 0.4) is 0 Å². The molecule has 0 fully saturated rings. The highest BCUT2D eigenvalue weighted by molar-refractivity contribution is 5.91. The zero-order chi connectivity index (χ0) is 18.4. The van der Waals surface area contributed by atoms with Crippen LogP contribution in [0.25, 0.3) is 0 Å². The number of carbonyl (C=O) groups excluding carboxylic acids is 1. The van der Waals surface area contributed by atoms with Crippen LogP contribution in [0, 0.1) is 6.92 Å². The molecule has 1 N–H and O–H groups in total. The normalized spacial score (nSPS) is 10.5. The van der Waals surface area contributed by atoms with Gasteiger partial charge in [-0.2, -0.15) is 4.98 Å². The van der Waals surface area contributed by atoms with E-state index in [0.717, 1.165) is 22.6 Å². The van der Waals surface area contributed by atoms with Crippen LogP contribution in [0.15, 0.2) is 53.1 Å². The number of ether oxygens (including phenoxy) is 1. The van der Waals surface area contributed by atoms with Crippen molar-refractivity contribution in [2.45, 2.75) is 26.2 Å². The summed E-state index contributed by atoms with van der Waals surface area (Å²) in [5, 5.41) is 6.77. The molecule has 134 valence electrons. The van der Waals surface area contributed by atoms with E-state index in [1.807, 2.05) is 48.5 Å². The number of carbonyl (C=O) groups is 1. The number of para-hydroxylation sites is 1. The summed E-state index contributed by atoms with van der Waals surface area (Å²) in [4.78, 5) is 16.5. The number of nitrogens with zero attached hydrogens (tertiary/aromatic N) is 2. The van der Waals surface area contributed by atoms with E-state index >= 15 is 0 Å². The van der Waals surface area contributed by atoms with Gasteiger partial charge in [-0.1, -0.05) is 35.5 Å². The van der Waals surface area contributed by atoms with Crippen molar-refractivity contribution >= 4 is 11.6 Å². The van der Waals surface area contributed by atoms with E-state index in [1.54, 1.807) is 14.0 Å². The zero-order valence-corrected chi connectivity index (χ0v) is 14.9. The Morgan fingerprint density at radius 2 is 1.92 bits per heavy atom. The van der Waals surface area contributed by atoms with E-state index < -0.39 is 0 Å².